The summed E-state index contributed by atoms with van der Waals surface area (Å²) in [6.07, 6.45) is 8.69. The highest BCUT2D eigenvalue weighted by Gasteiger charge is 2.32. The highest BCUT2D eigenvalue weighted by molar-refractivity contribution is 5.47. The van der Waals surface area contributed by atoms with Crippen molar-refractivity contribution in [3.63, 3.8) is 0 Å². The summed E-state index contributed by atoms with van der Waals surface area (Å²) in [4.78, 5) is 5.20. The highest BCUT2D eigenvalue weighted by Crippen LogP contribution is 2.36. The van der Waals surface area contributed by atoms with Crippen LogP contribution in [0.15, 0.2) is 24.3 Å². The molecule has 122 valence electrons. The lowest BCUT2D eigenvalue weighted by atomic mass is 9.78. The molecule has 2 aliphatic rings. The number of anilines is 1. The summed E-state index contributed by atoms with van der Waals surface area (Å²) in [7, 11) is 0. The number of hydrogen-bond donors (Lipinski definition) is 0. The maximum Gasteiger partial charge on any atom is 0.0366 e. The minimum atomic E-state index is 0.866. The fourth-order valence-electron chi connectivity index (χ4n) is 4.56. The topological polar surface area (TPSA) is 6.48 Å². The van der Waals surface area contributed by atoms with Gasteiger partial charge in [0.15, 0.2) is 0 Å². The van der Waals surface area contributed by atoms with Crippen molar-refractivity contribution in [2.24, 2.45) is 5.92 Å². The van der Waals surface area contributed by atoms with E-state index in [2.05, 4.69) is 47.9 Å². The lowest BCUT2D eigenvalue weighted by molar-refractivity contribution is 0.0547. The highest BCUT2D eigenvalue weighted by atomic mass is 15.2. The molecule has 2 nitrogen and oxygen atoms in total. The van der Waals surface area contributed by atoms with Crippen molar-refractivity contribution in [2.75, 3.05) is 24.5 Å². The molecule has 2 heteroatoms. The van der Waals surface area contributed by atoms with Crippen molar-refractivity contribution in [3.8, 4) is 0 Å². The van der Waals surface area contributed by atoms with Crippen LogP contribution in [0.2, 0.25) is 0 Å². The predicted molar refractivity (Wildman–Crippen MR) is 95.4 cm³/mol. The summed E-state index contributed by atoms with van der Waals surface area (Å²) in [5, 5.41) is 0. The molecular weight excluding hydrogens is 268 g/mol. The van der Waals surface area contributed by atoms with E-state index in [9.17, 15) is 0 Å². The summed E-state index contributed by atoms with van der Waals surface area (Å²) >= 11 is 0. The van der Waals surface area contributed by atoms with E-state index in [1.165, 1.54) is 56.3 Å². The van der Waals surface area contributed by atoms with Gasteiger partial charge in [-0.25, -0.2) is 0 Å². The average molecular weight is 300 g/mol. The van der Waals surface area contributed by atoms with Crippen LogP contribution >= 0.6 is 0 Å². The Morgan fingerprint density at radius 1 is 0.955 bits per heavy atom. The Labute approximate surface area is 136 Å². The molecule has 1 aromatic rings. The van der Waals surface area contributed by atoms with Crippen LogP contribution in [0, 0.1) is 5.92 Å². The van der Waals surface area contributed by atoms with Crippen LogP contribution in [0.4, 0.5) is 5.69 Å². The number of fused-ring (bicyclic) bond motifs is 1. The number of piperidine rings is 1. The van der Waals surface area contributed by atoms with E-state index in [1.807, 2.05) is 0 Å². The van der Waals surface area contributed by atoms with E-state index in [0.29, 0.717) is 0 Å². The monoisotopic (exact) mass is 300 g/mol. The zero-order valence-corrected chi connectivity index (χ0v) is 14.4. The molecule has 3 rings (SSSR count). The lowest BCUT2D eigenvalue weighted by Gasteiger charge is -2.44. The van der Waals surface area contributed by atoms with Gasteiger partial charge in [0.25, 0.3) is 0 Å². The third kappa shape index (κ3) is 3.48. The van der Waals surface area contributed by atoms with Crippen molar-refractivity contribution in [1.29, 1.82) is 0 Å². The molecule has 1 heterocycles. The van der Waals surface area contributed by atoms with Crippen LogP contribution in [0.3, 0.4) is 0 Å². The Morgan fingerprint density at radius 2 is 1.64 bits per heavy atom. The normalized spacial score (nSPS) is 25.7. The standard InChI is InChI=1S/C20H32N2/c1-3-21(4-2)19-13-11-17(12-14-19)16-22-15-7-9-18-8-5-6-10-20(18)22/h11-14,18,20H,3-10,15-16H2,1-2H3/t18-,20-/m1/s1. The molecule has 2 fully saturated rings. The first-order valence-electron chi connectivity index (χ1n) is 9.39. The Morgan fingerprint density at radius 3 is 2.36 bits per heavy atom. The number of hydrogen-bond acceptors (Lipinski definition) is 2. The van der Waals surface area contributed by atoms with Crippen LogP contribution in [0.5, 0.6) is 0 Å². The summed E-state index contributed by atoms with van der Waals surface area (Å²) in [6, 6.07) is 10.2. The predicted octanol–water partition coefficient (Wildman–Crippen LogP) is 4.69. The molecule has 22 heavy (non-hydrogen) atoms. The summed E-state index contributed by atoms with van der Waals surface area (Å²) in [5.74, 6) is 0.984. The van der Waals surface area contributed by atoms with Gasteiger partial charge in [0, 0.05) is 31.4 Å². The lowest BCUT2D eigenvalue weighted by Crippen LogP contribution is -2.46. The summed E-state index contributed by atoms with van der Waals surface area (Å²) < 4.78 is 0. The van der Waals surface area contributed by atoms with Crippen LogP contribution in [-0.4, -0.2) is 30.6 Å². The zero-order valence-electron chi connectivity index (χ0n) is 14.4. The summed E-state index contributed by atoms with van der Waals surface area (Å²) in [5.41, 5.74) is 2.85. The van der Waals surface area contributed by atoms with Crippen molar-refractivity contribution >= 4 is 5.69 Å². The molecule has 1 aliphatic heterocycles. The Hall–Kier alpha value is -1.02. The molecule has 1 saturated heterocycles. The molecule has 0 amide bonds. The molecule has 0 unspecified atom stereocenters. The largest absolute Gasteiger partial charge is 0.372 e. The van der Waals surface area contributed by atoms with Crippen molar-refractivity contribution < 1.29 is 0 Å². The van der Waals surface area contributed by atoms with Gasteiger partial charge in [-0.2, -0.15) is 0 Å². The number of rotatable bonds is 5. The van der Waals surface area contributed by atoms with Crippen molar-refractivity contribution in [2.45, 2.75) is 65.0 Å². The fraction of sp³-hybridized carbons (Fsp3) is 0.700. The maximum absolute atomic E-state index is 2.78. The van der Waals surface area contributed by atoms with Gasteiger partial charge in [-0.1, -0.05) is 25.0 Å². The molecule has 0 bridgehead atoms. The molecule has 0 N–H and O–H groups in total. The zero-order chi connectivity index (χ0) is 15.4. The van der Waals surface area contributed by atoms with Crippen LogP contribution in [0.1, 0.15) is 57.9 Å². The van der Waals surface area contributed by atoms with E-state index < -0.39 is 0 Å². The van der Waals surface area contributed by atoms with E-state index >= 15 is 0 Å². The van der Waals surface area contributed by atoms with Gasteiger partial charge in [-0.3, -0.25) is 4.90 Å². The second kappa shape index (κ2) is 7.50. The van der Waals surface area contributed by atoms with Gasteiger partial charge >= 0.3 is 0 Å². The number of likely N-dealkylation sites (tertiary alicyclic amines) is 1. The van der Waals surface area contributed by atoms with Gasteiger partial charge in [-0.15, -0.1) is 0 Å². The number of benzene rings is 1. The Bertz CT molecular complexity index is 447. The van der Waals surface area contributed by atoms with Gasteiger partial charge < -0.3 is 4.90 Å². The molecule has 2 atom stereocenters. The van der Waals surface area contributed by atoms with Gasteiger partial charge in [0.05, 0.1) is 0 Å². The quantitative estimate of drug-likeness (QED) is 0.778. The molecule has 0 radical (unpaired) electrons. The van der Waals surface area contributed by atoms with Crippen molar-refractivity contribution in [1.82, 2.24) is 4.90 Å². The molecule has 1 aromatic carbocycles. The second-order valence-corrected chi connectivity index (χ2v) is 7.06. The third-order valence-electron chi connectivity index (χ3n) is 5.81. The first-order valence-corrected chi connectivity index (χ1v) is 9.39. The minimum absolute atomic E-state index is 0.866. The van der Waals surface area contributed by atoms with E-state index in [0.717, 1.165) is 31.6 Å². The first kappa shape index (κ1) is 15.9. The first-order chi connectivity index (χ1) is 10.8. The van der Waals surface area contributed by atoms with Gasteiger partial charge in [0.1, 0.15) is 0 Å². The van der Waals surface area contributed by atoms with Crippen LogP contribution in [0.25, 0.3) is 0 Å². The smallest absolute Gasteiger partial charge is 0.0366 e. The van der Waals surface area contributed by atoms with Gasteiger partial charge in [-0.05, 0) is 69.7 Å². The summed E-state index contributed by atoms with van der Waals surface area (Å²) in [6.45, 7) is 9.10. The molecule has 1 saturated carbocycles. The molecule has 1 aliphatic carbocycles. The van der Waals surface area contributed by atoms with Crippen LogP contribution < -0.4 is 4.90 Å². The SMILES string of the molecule is CCN(CC)c1ccc(CN2CCC[C@H]3CCCC[C@H]32)cc1. The maximum atomic E-state index is 2.78. The van der Waals surface area contributed by atoms with E-state index in [1.54, 1.807) is 0 Å². The van der Waals surface area contributed by atoms with E-state index in [-0.39, 0.29) is 0 Å². The minimum Gasteiger partial charge on any atom is -0.372 e. The Kier molecular flexibility index (Phi) is 5.41. The van der Waals surface area contributed by atoms with Gasteiger partial charge in [0.2, 0.25) is 0 Å². The molecule has 0 spiro atoms. The third-order valence-corrected chi connectivity index (χ3v) is 5.81. The van der Waals surface area contributed by atoms with Crippen molar-refractivity contribution in [3.05, 3.63) is 29.8 Å². The molecule has 0 aromatic heterocycles. The number of nitrogens with zero attached hydrogens (tertiary/aromatic N) is 2. The Balaban J connectivity index is 1.64. The van der Waals surface area contributed by atoms with E-state index in [4.69, 9.17) is 0 Å². The second-order valence-electron chi connectivity index (χ2n) is 7.06. The van der Waals surface area contributed by atoms with Crippen LogP contribution in [-0.2, 0) is 6.54 Å². The fourth-order valence-corrected chi connectivity index (χ4v) is 4.56. The molecular formula is C20H32N2. The average Bonchev–Trinajstić information content (AvgIpc) is 2.58.